The van der Waals surface area contributed by atoms with Gasteiger partial charge in [0.25, 0.3) is 0 Å². The number of carbonyl (C=O) groups excluding carboxylic acids is 1. The lowest BCUT2D eigenvalue weighted by atomic mass is 9.79. The lowest BCUT2D eigenvalue weighted by molar-refractivity contribution is 0.0450. The number of thiophene rings is 1. The van der Waals surface area contributed by atoms with Crippen LogP contribution >= 0.6 is 11.3 Å². The van der Waals surface area contributed by atoms with Gasteiger partial charge in [-0.25, -0.2) is 4.79 Å². The SMILES string of the molecule is CC(C)(C)OC(=O)NCC(CO)(Cc1cccs1)CC1CC1. The van der Waals surface area contributed by atoms with Gasteiger partial charge in [0.2, 0.25) is 0 Å². The van der Waals surface area contributed by atoms with E-state index in [1.165, 1.54) is 17.7 Å². The molecule has 1 aliphatic carbocycles. The van der Waals surface area contributed by atoms with Crippen LogP contribution in [-0.4, -0.2) is 30.0 Å². The van der Waals surface area contributed by atoms with E-state index in [0.29, 0.717) is 12.5 Å². The number of hydrogen-bond donors (Lipinski definition) is 2. The quantitative estimate of drug-likeness (QED) is 0.805. The molecule has 2 rings (SSSR count). The summed E-state index contributed by atoms with van der Waals surface area (Å²) in [5.41, 5.74) is -0.793. The van der Waals surface area contributed by atoms with Crippen molar-refractivity contribution < 1.29 is 14.6 Å². The maximum Gasteiger partial charge on any atom is 0.407 e. The van der Waals surface area contributed by atoms with E-state index in [0.717, 1.165) is 12.8 Å². The van der Waals surface area contributed by atoms with Crippen LogP contribution in [0.4, 0.5) is 4.79 Å². The number of aliphatic hydroxyl groups excluding tert-OH is 1. The summed E-state index contributed by atoms with van der Waals surface area (Å²) in [6.07, 6.45) is 3.81. The Kier molecular flexibility index (Phi) is 5.50. The highest BCUT2D eigenvalue weighted by Gasteiger charge is 2.37. The summed E-state index contributed by atoms with van der Waals surface area (Å²) in [6.45, 7) is 6.08. The zero-order chi connectivity index (χ0) is 16.2. The van der Waals surface area contributed by atoms with Crippen molar-refractivity contribution in [3.8, 4) is 0 Å². The Morgan fingerprint density at radius 3 is 2.68 bits per heavy atom. The van der Waals surface area contributed by atoms with E-state index in [1.807, 2.05) is 26.8 Å². The summed E-state index contributed by atoms with van der Waals surface area (Å²) >= 11 is 1.70. The molecule has 0 spiro atoms. The summed E-state index contributed by atoms with van der Waals surface area (Å²) in [7, 11) is 0. The summed E-state index contributed by atoms with van der Waals surface area (Å²) in [6, 6.07) is 4.12. The molecule has 1 atom stereocenters. The fourth-order valence-electron chi connectivity index (χ4n) is 2.67. The van der Waals surface area contributed by atoms with E-state index >= 15 is 0 Å². The minimum Gasteiger partial charge on any atom is -0.444 e. The minimum absolute atomic E-state index is 0.0806. The fourth-order valence-corrected chi connectivity index (χ4v) is 3.55. The summed E-state index contributed by atoms with van der Waals surface area (Å²) in [4.78, 5) is 13.2. The Bertz CT molecular complexity index is 477. The van der Waals surface area contributed by atoms with E-state index in [4.69, 9.17) is 4.74 Å². The molecule has 0 aliphatic heterocycles. The Labute approximate surface area is 136 Å². The third-order valence-electron chi connectivity index (χ3n) is 3.89. The monoisotopic (exact) mass is 325 g/mol. The van der Waals surface area contributed by atoms with Crippen LogP contribution in [0.15, 0.2) is 17.5 Å². The second-order valence-electron chi connectivity index (χ2n) is 7.42. The van der Waals surface area contributed by atoms with Crippen LogP contribution in [0.3, 0.4) is 0 Å². The average molecular weight is 325 g/mol. The molecule has 2 N–H and O–H groups in total. The third-order valence-corrected chi connectivity index (χ3v) is 4.77. The van der Waals surface area contributed by atoms with Crippen molar-refractivity contribution in [2.75, 3.05) is 13.2 Å². The fraction of sp³-hybridized carbons (Fsp3) is 0.706. The van der Waals surface area contributed by atoms with Crippen LogP contribution in [0.25, 0.3) is 0 Å². The third kappa shape index (κ3) is 5.61. The van der Waals surface area contributed by atoms with Crippen LogP contribution in [0, 0.1) is 11.3 Å². The van der Waals surface area contributed by atoms with Gasteiger partial charge < -0.3 is 15.2 Å². The number of aliphatic hydroxyl groups is 1. The van der Waals surface area contributed by atoms with Crippen molar-refractivity contribution in [1.29, 1.82) is 0 Å². The van der Waals surface area contributed by atoms with Gasteiger partial charge in [-0.3, -0.25) is 0 Å². The lowest BCUT2D eigenvalue weighted by Gasteiger charge is -2.32. The van der Waals surface area contributed by atoms with E-state index in [9.17, 15) is 9.90 Å². The Hall–Kier alpha value is -1.07. The number of rotatable bonds is 7. The van der Waals surface area contributed by atoms with Crippen LogP contribution in [0.1, 0.15) is 44.9 Å². The van der Waals surface area contributed by atoms with Gasteiger partial charge in [0.15, 0.2) is 0 Å². The normalized spacial score (nSPS) is 17.8. The van der Waals surface area contributed by atoms with Crippen molar-refractivity contribution in [2.24, 2.45) is 11.3 Å². The molecule has 0 bridgehead atoms. The highest BCUT2D eigenvalue weighted by atomic mass is 32.1. The largest absolute Gasteiger partial charge is 0.444 e. The number of amides is 1. The standard InChI is InChI=1S/C17H27NO3S/c1-16(2,3)21-15(20)18-11-17(12-19,9-13-6-7-13)10-14-5-4-8-22-14/h4-5,8,13,19H,6-7,9-12H2,1-3H3,(H,18,20). The first-order chi connectivity index (χ1) is 10.3. The highest BCUT2D eigenvalue weighted by Crippen LogP contribution is 2.42. The first kappa shape index (κ1) is 17.3. The molecule has 1 unspecified atom stereocenters. The predicted octanol–water partition coefficient (Wildman–Crippen LogP) is 3.59. The molecule has 4 nitrogen and oxygen atoms in total. The number of carbonyl (C=O) groups is 1. The summed E-state index contributed by atoms with van der Waals surface area (Å²) < 4.78 is 5.30. The summed E-state index contributed by atoms with van der Waals surface area (Å²) in [5.74, 6) is 0.688. The van der Waals surface area contributed by atoms with Crippen molar-refractivity contribution in [1.82, 2.24) is 5.32 Å². The zero-order valence-corrected chi connectivity index (χ0v) is 14.5. The maximum atomic E-state index is 11.9. The number of nitrogens with one attached hydrogen (secondary N) is 1. The Balaban J connectivity index is 1.98. The molecule has 1 aromatic rings. The molecular weight excluding hydrogens is 298 g/mol. The number of ether oxygens (including phenoxy) is 1. The molecule has 1 aromatic heterocycles. The topological polar surface area (TPSA) is 58.6 Å². The predicted molar refractivity (Wildman–Crippen MR) is 89.1 cm³/mol. The van der Waals surface area contributed by atoms with Crippen molar-refractivity contribution in [3.63, 3.8) is 0 Å². The Morgan fingerprint density at radius 1 is 1.45 bits per heavy atom. The van der Waals surface area contributed by atoms with Crippen LogP contribution < -0.4 is 5.32 Å². The molecule has 1 fully saturated rings. The van der Waals surface area contributed by atoms with Crippen LogP contribution in [0.2, 0.25) is 0 Å². The van der Waals surface area contributed by atoms with E-state index in [2.05, 4.69) is 16.8 Å². The van der Waals surface area contributed by atoms with Gasteiger partial charge in [-0.15, -0.1) is 11.3 Å². The van der Waals surface area contributed by atoms with E-state index < -0.39 is 11.7 Å². The molecule has 0 aromatic carbocycles. The zero-order valence-electron chi connectivity index (χ0n) is 13.7. The van der Waals surface area contributed by atoms with Gasteiger partial charge in [-0.05, 0) is 51.0 Å². The van der Waals surface area contributed by atoms with Gasteiger partial charge in [0.05, 0.1) is 6.61 Å². The number of hydrogen-bond acceptors (Lipinski definition) is 4. The first-order valence-corrected chi connectivity index (χ1v) is 8.80. The molecule has 1 heterocycles. The lowest BCUT2D eigenvalue weighted by Crippen LogP contribution is -2.43. The molecular formula is C17H27NO3S. The van der Waals surface area contributed by atoms with Gasteiger partial charge in [0, 0.05) is 16.8 Å². The molecule has 5 heteroatoms. The second-order valence-corrected chi connectivity index (χ2v) is 8.45. The van der Waals surface area contributed by atoms with Crippen molar-refractivity contribution >= 4 is 17.4 Å². The maximum absolute atomic E-state index is 11.9. The molecule has 0 radical (unpaired) electrons. The van der Waals surface area contributed by atoms with Crippen LogP contribution in [-0.2, 0) is 11.2 Å². The smallest absolute Gasteiger partial charge is 0.407 e. The number of alkyl carbamates (subject to hydrolysis) is 1. The molecule has 1 saturated carbocycles. The van der Waals surface area contributed by atoms with Gasteiger partial charge in [-0.2, -0.15) is 0 Å². The Morgan fingerprint density at radius 2 is 2.18 bits per heavy atom. The molecule has 1 amide bonds. The summed E-state index contributed by atoms with van der Waals surface area (Å²) in [5, 5.41) is 14.9. The van der Waals surface area contributed by atoms with Crippen molar-refractivity contribution in [2.45, 2.75) is 52.1 Å². The van der Waals surface area contributed by atoms with Crippen LogP contribution in [0.5, 0.6) is 0 Å². The van der Waals surface area contributed by atoms with E-state index in [-0.39, 0.29) is 12.0 Å². The molecule has 0 saturated heterocycles. The van der Waals surface area contributed by atoms with Gasteiger partial charge in [-0.1, -0.05) is 18.9 Å². The van der Waals surface area contributed by atoms with Gasteiger partial charge in [0.1, 0.15) is 5.60 Å². The van der Waals surface area contributed by atoms with Gasteiger partial charge >= 0.3 is 6.09 Å². The highest BCUT2D eigenvalue weighted by molar-refractivity contribution is 7.09. The second kappa shape index (κ2) is 7.01. The molecule has 1 aliphatic rings. The van der Waals surface area contributed by atoms with E-state index in [1.54, 1.807) is 11.3 Å². The average Bonchev–Trinajstić information content (AvgIpc) is 3.08. The van der Waals surface area contributed by atoms with Crippen molar-refractivity contribution in [3.05, 3.63) is 22.4 Å². The first-order valence-electron chi connectivity index (χ1n) is 7.92. The minimum atomic E-state index is -0.504. The molecule has 124 valence electrons. The molecule has 22 heavy (non-hydrogen) atoms.